The van der Waals surface area contributed by atoms with Crippen LogP contribution in [0.5, 0.6) is 5.75 Å². The van der Waals surface area contributed by atoms with Gasteiger partial charge in [-0.2, -0.15) is 0 Å². The third-order valence-electron chi connectivity index (χ3n) is 5.82. The minimum atomic E-state index is -3.50. The summed E-state index contributed by atoms with van der Waals surface area (Å²) in [6.07, 6.45) is 8.76. The number of benzene rings is 1. The molecule has 1 fully saturated rings. The molecule has 1 aliphatic carbocycles. The Morgan fingerprint density at radius 1 is 1.03 bits per heavy atom. The first-order valence-electron chi connectivity index (χ1n) is 11.0. The van der Waals surface area contributed by atoms with Gasteiger partial charge >= 0.3 is 0 Å². The third kappa shape index (κ3) is 8.27. The molecule has 2 rings (SSSR count). The van der Waals surface area contributed by atoms with Crippen LogP contribution >= 0.6 is 0 Å². The summed E-state index contributed by atoms with van der Waals surface area (Å²) in [6.45, 7) is 11.2. The third-order valence-corrected chi connectivity index (χ3v) is 7.96. The Kier molecular flexibility index (Phi) is 8.17. The Morgan fingerprint density at radius 3 is 2.28 bits per heavy atom. The summed E-state index contributed by atoms with van der Waals surface area (Å²) < 4.78 is 45.6. The van der Waals surface area contributed by atoms with Gasteiger partial charge in [0, 0.05) is 6.07 Å². The predicted octanol–water partition coefficient (Wildman–Crippen LogP) is 6.80. The van der Waals surface area contributed by atoms with E-state index >= 15 is 0 Å². The molecule has 0 amide bonds. The van der Waals surface area contributed by atoms with E-state index in [1.807, 2.05) is 13.8 Å². The van der Waals surface area contributed by atoms with E-state index in [1.54, 1.807) is 0 Å². The first-order valence-corrected chi connectivity index (χ1v) is 12.7. The average molecular weight is 427 g/mol. The van der Waals surface area contributed by atoms with Gasteiger partial charge in [-0.1, -0.05) is 60.3 Å². The van der Waals surface area contributed by atoms with E-state index in [9.17, 15) is 12.8 Å². The summed E-state index contributed by atoms with van der Waals surface area (Å²) in [5.74, 6) is 0.0821. The highest BCUT2D eigenvalue weighted by atomic mass is 32.2. The Morgan fingerprint density at radius 2 is 1.69 bits per heavy atom. The van der Waals surface area contributed by atoms with E-state index in [0.29, 0.717) is 17.9 Å². The second-order valence-corrected chi connectivity index (χ2v) is 12.7. The molecule has 0 aliphatic heterocycles. The molecule has 0 spiro atoms. The van der Waals surface area contributed by atoms with Gasteiger partial charge in [-0.3, -0.25) is 0 Å². The van der Waals surface area contributed by atoms with Crippen LogP contribution in [0, 0.1) is 22.6 Å². The molecule has 3 nitrogen and oxygen atoms in total. The van der Waals surface area contributed by atoms with E-state index in [1.165, 1.54) is 37.5 Å². The van der Waals surface area contributed by atoms with Crippen LogP contribution in [0.1, 0.15) is 86.0 Å². The van der Waals surface area contributed by atoms with E-state index in [0.717, 1.165) is 32.1 Å². The molecule has 0 bridgehead atoms. The lowest BCUT2D eigenvalue weighted by Gasteiger charge is -2.26. The molecule has 0 heterocycles. The molecule has 1 saturated carbocycles. The Balaban J connectivity index is 1.92. The van der Waals surface area contributed by atoms with Crippen LogP contribution in [-0.2, 0) is 9.84 Å². The summed E-state index contributed by atoms with van der Waals surface area (Å²) in [6, 6.07) is 3.94. The van der Waals surface area contributed by atoms with Crippen molar-refractivity contribution in [2.24, 2.45) is 16.7 Å². The minimum Gasteiger partial charge on any atom is -0.490 e. The number of rotatable bonds is 11. The SMILES string of the molecule is CC(C)(C)CCCCCC(C)(C)CS(=O)(=O)c1ccc(F)c(OCC2CCC2)c1. The number of unbranched alkanes of at least 4 members (excludes halogenated alkanes) is 2. The number of halogens is 1. The fraction of sp³-hybridized carbons (Fsp3) is 0.750. The lowest BCUT2D eigenvalue weighted by molar-refractivity contribution is 0.175. The Hall–Kier alpha value is -1.10. The normalized spacial score (nSPS) is 15.9. The highest BCUT2D eigenvalue weighted by Gasteiger charge is 2.28. The highest BCUT2D eigenvalue weighted by molar-refractivity contribution is 7.91. The number of ether oxygens (including phenoxy) is 1. The van der Waals surface area contributed by atoms with Crippen LogP contribution < -0.4 is 4.74 Å². The molecule has 0 saturated heterocycles. The first-order chi connectivity index (χ1) is 13.4. The van der Waals surface area contributed by atoms with Crippen LogP contribution in [0.15, 0.2) is 23.1 Å². The molecule has 0 unspecified atom stereocenters. The molecule has 1 aromatic carbocycles. The zero-order chi connectivity index (χ0) is 21.7. The summed E-state index contributed by atoms with van der Waals surface area (Å²) in [7, 11) is -3.50. The number of sulfone groups is 1. The summed E-state index contributed by atoms with van der Waals surface area (Å²) in [5, 5.41) is 0. The van der Waals surface area contributed by atoms with E-state index in [4.69, 9.17) is 4.74 Å². The van der Waals surface area contributed by atoms with Gasteiger partial charge in [0.2, 0.25) is 0 Å². The maximum Gasteiger partial charge on any atom is 0.179 e. The summed E-state index contributed by atoms with van der Waals surface area (Å²) in [5.41, 5.74) is 0.0295. The molecule has 1 aromatic rings. The van der Waals surface area contributed by atoms with Gasteiger partial charge in [0.15, 0.2) is 21.4 Å². The maximum atomic E-state index is 14.1. The van der Waals surface area contributed by atoms with Crippen molar-refractivity contribution in [3.8, 4) is 5.75 Å². The van der Waals surface area contributed by atoms with Gasteiger partial charge in [-0.05, 0) is 54.6 Å². The van der Waals surface area contributed by atoms with Crippen molar-refractivity contribution in [1.29, 1.82) is 0 Å². The van der Waals surface area contributed by atoms with Gasteiger partial charge < -0.3 is 4.74 Å². The zero-order valence-corrected chi connectivity index (χ0v) is 19.7. The molecule has 0 aromatic heterocycles. The van der Waals surface area contributed by atoms with E-state index in [2.05, 4.69) is 20.8 Å². The van der Waals surface area contributed by atoms with Crippen molar-refractivity contribution in [1.82, 2.24) is 0 Å². The van der Waals surface area contributed by atoms with Gasteiger partial charge in [0.1, 0.15) is 0 Å². The first kappa shape index (κ1) is 24.2. The number of hydrogen-bond acceptors (Lipinski definition) is 3. The van der Waals surface area contributed by atoms with E-state index < -0.39 is 15.7 Å². The minimum absolute atomic E-state index is 0.0537. The van der Waals surface area contributed by atoms with Crippen molar-refractivity contribution in [2.75, 3.05) is 12.4 Å². The summed E-state index contributed by atoms with van der Waals surface area (Å²) >= 11 is 0. The lowest BCUT2D eigenvalue weighted by atomic mass is 9.86. The van der Waals surface area contributed by atoms with Crippen LogP contribution in [-0.4, -0.2) is 20.8 Å². The van der Waals surface area contributed by atoms with Crippen molar-refractivity contribution >= 4 is 9.84 Å². The fourth-order valence-corrected chi connectivity index (χ4v) is 5.66. The van der Waals surface area contributed by atoms with Gasteiger partial charge in [-0.15, -0.1) is 0 Å². The molecule has 1 aliphatic rings. The monoisotopic (exact) mass is 426 g/mol. The summed E-state index contributed by atoms with van der Waals surface area (Å²) in [4.78, 5) is 0.156. The predicted molar refractivity (Wildman–Crippen MR) is 118 cm³/mol. The molecular formula is C24H39FO3S. The molecule has 29 heavy (non-hydrogen) atoms. The van der Waals surface area contributed by atoms with Crippen molar-refractivity contribution in [2.45, 2.75) is 90.9 Å². The lowest BCUT2D eigenvalue weighted by Crippen LogP contribution is -2.24. The maximum absolute atomic E-state index is 14.1. The number of hydrogen-bond donors (Lipinski definition) is 0. The molecule has 0 atom stereocenters. The van der Waals surface area contributed by atoms with Crippen LogP contribution in [0.2, 0.25) is 0 Å². The van der Waals surface area contributed by atoms with Crippen molar-refractivity contribution < 1.29 is 17.5 Å². The van der Waals surface area contributed by atoms with Gasteiger partial charge in [-0.25, -0.2) is 12.8 Å². The topological polar surface area (TPSA) is 43.4 Å². The smallest absolute Gasteiger partial charge is 0.179 e. The quantitative estimate of drug-likeness (QED) is 0.289. The van der Waals surface area contributed by atoms with Crippen LogP contribution in [0.3, 0.4) is 0 Å². The molecule has 0 radical (unpaired) electrons. The van der Waals surface area contributed by atoms with Gasteiger partial charge in [0.05, 0.1) is 17.3 Å². The Bertz CT molecular complexity index is 759. The second-order valence-electron chi connectivity index (χ2n) is 10.7. The average Bonchev–Trinajstić information content (AvgIpc) is 2.52. The largest absolute Gasteiger partial charge is 0.490 e. The standard InChI is InChI=1S/C24H39FO3S/c1-23(2,3)14-7-6-8-15-24(4,5)18-29(26,27)20-12-13-21(25)22(16-20)28-17-19-10-9-11-19/h12-13,16,19H,6-11,14-15,17-18H2,1-5H3. The Labute approximate surface area is 177 Å². The molecule has 166 valence electrons. The van der Waals surface area contributed by atoms with E-state index in [-0.39, 0.29) is 21.8 Å². The molecular weight excluding hydrogens is 387 g/mol. The zero-order valence-electron chi connectivity index (χ0n) is 18.9. The van der Waals surface area contributed by atoms with Crippen molar-refractivity contribution in [3.63, 3.8) is 0 Å². The highest BCUT2D eigenvalue weighted by Crippen LogP contribution is 2.32. The van der Waals surface area contributed by atoms with Gasteiger partial charge in [0.25, 0.3) is 0 Å². The van der Waals surface area contributed by atoms with Crippen LogP contribution in [0.25, 0.3) is 0 Å². The molecule has 5 heteroatoms. The molecule has 0 N–H and O–H groups in total. The fourth-order valence-electron chi connectivity index (χ4n) is 3.76. The van der Waals surface area contributed by atoms with Crippen molar-refractivity contribution in [3.05, 3.63) is 24.0 Å². The van der Waals surface area contributed by atoms with Crippen LogP contribution in [0.4, 0.5) is 4.39 Å². The second kappa shape index (κ2) is 9.80.